The molecule has 0 spiro atoms. The maximum atomic E-state index is 11.6. The zero-order valence-electron chi connectivity index (χ0n) is 6.09. The lowest BCUT2D eigenvalue weighted by Crippen LogP contribution is -2.22. The summed E-state index contributed by atoms with van der Waals surface area (Å²) in [6.45, 7) is 1.70. The maximum absolute atomic E-state index is 11.6. The lowest BCUT2D eigenvalue weighted by molar-refractivity contribution is -0.147. The van der Waals surface area contributed by atoms with Crippen LogP contribution >= 0.6 is 0 Å². The fourth-order valence-electron chi connectivity index (χ4n) is 0.480. The van der Waals surface area contributed by atoms with Crippen LogP contribution in [0.5, 0.6) is 0 Å². The quantitative estimate of drug-likeness (QED) is 0.624. The fourth-order valence-corrected chi connectivity index (χ4v) is 0.480. The van der Waals surface area contributed by atoms with Crippen molar-refractivity contribution in [3.8, 4) is 0 Å². The first-order chi connectivity index (χ1) is 5.07. The van der Waals surface area contributed by atoms with Crippen molar-refractivity contribution in [2.75, 3.05) is 6.61 Å². The van der Waals surface area contributed by atoms with E-state index in [2.05, 4.69) is 4.74 Å². The molecule has 0 aromatic carbocycles. The number of rotatable bonds is 4. The largest absolute Gasteiger partial charge is 0.466 e. The number of carbonyl (C=O) groups excluding carboxylic acids is 1. The molecule has 0 amide bonds. The highest BCUT2D eigenvalue weighted by Gasteiger charge is 2.20. The van der Waals surface area contributed by atoms with Crippen LogP contribution in [0.2, 0.25) is 0 Å². The Bertz CT molecular complexity index is 127. The Kier molecular flexibility index (Phi) is 4.69. The van der Waals surface area contributed by atoms with Crippen molar-refractivity contribution in [2.24, 2.45) is 0 Å². The van der Waals surface area contributed by atoms with Gasteiger partial charge in [-0.2, -0.15) is 0 Å². The summed E-state index contributed by atoms with van der Waals surface area (Å²) in [6.07, 6.45) is -5.45. The maximum Gasteiger partial charge on any atom is 0.308 e. The number of carbonyl (C=O) groups is 1. The van der Waals surface area contributed by atoms with E-state index in [-0.39, 0.29) is 6.61 Å². The van der Waals surface area contributed by atoms with Gasteiger partial charge < -0.3 is 9.84 Å². The number of alkyl halides is 2. The van der Waals surface area contributed by atoms with Gasteiger partial charge in [0.25, 0.3) is 6.43 Å². The zero-order chi connectivity index (χ0) is 8.85. The van der Waals surface area contributed by atoms with Crippen LogP contribution in [-0.2, 0) is 9.53 Å². The highest BCUT2D eigenvalue weighted by atomic mass is 19.3. The Balaban J connectivity index is 3.57. The second-order valence-electron chi connectivity index (χ2n) is 1.91. The van der Waals surface area contributed by atoms with Crippen LogP contribution in [0.25, 0.3) is 0 Å². The molecule has 1 atom stereocenters. The van der Waals surface area contributed by atoms with E-state index in [1.54, 1.807) is 6.92 Å². The minimum atomic E-state index is -2.89. The number of aliphatic hydroxyl groups is 1. The van der Waals surface area contributed by atoms with E-state index in [4.69, 9.17) is 5.11 Å². The summed E-state index contributed by atoms with van der Waals surface area (Å²) in [5, 5.41) is 8.47. The second-order valence-corrected chi connectivity index (χ2v) is 1.91. The molecule has 0 aromatic rings. The van der Waals surface area contributed by atoms with Gasteiger partial charge in [-0.25, -0.2) is 8.78 Å². The van der Waals surface area contributed by atoms with Crippen molar-refractivity contribution in [3.63, 3.8) is 0 Å². The average molecular weight is 168 g/mol. The second kappa shape index (κ2) is 5.01. The van der Waals surface area contributed by atoms with Crippen molar-refractivity contribution in [3.05, 3.63) is 0 Å². The van der Waals surface area contributed by atoms with Gasteiger partial charge in [0.15, 0.2) is 0 Å². The fraction of sp³-hybridized carbons (Fsp3) is 0.833. The first-order valence-corrected chi connectivity index (χ1v) is 3.19. The summed E-state index contributed by atoms with van der Waals surface area (Å²) >= 11 is 0. The van der Waals surface area contributed by atoms with Crippen LogP contribution in [-0.4, -0.2) is 30.2 Å². The van der Waals surface area contributed by atoms with Crippen LogP contribution in [0, 0.1) is 0 Å². The SMILES string of the molecule is CCOC(=O)C[C@H](O)C(F)F. The molecule has 0 bridgehead atoms. The molecular formula is C6H10F2O3. The molecule has 0 heterocycles. The van der Waals surface area contributed by atoms with E-state index in [9.17, 15) is 13.6 Å². The van der Waals surface area contributed by atoms with Gasteiger partial charge in [0.05, 0.1) is 13.0 Å². The van der Waals surface area contributed by atoms with Gasteiger partial charge in [0, 0.05) is 0 Å². The van der Waals surface area contributed by atoms with Gasteiger partial charge >= 0.3 is 5.97 Å². The van der Waals surface area contributed by atoms with Gasteiger partial charge in [0.1, 0.15) is 6.10 Å². The van der Waals surface area contributed by atoms with Crippen molar-refractivity contribution < 1.29 is 23.4 Å². The van der Waals surface area contributed by atoms with Crippen molar-refractivity contribution in [2.45, 2.75) is 25.9 Å². The van der Waals surface area contributed by atoms with E-state index in [1.807, 2.05) is 0 Å². The molecule has 0 aromatic heterocycles. The Labute approximate surface area is 63.0 Å². The summed E-state index contributed by atoms with van der Waals surface area (Å²) in [5.41, 5.74) is 0. The molecule has 0 aliphatic rings. The molecule has 0 aliphatic heterocycles. The minimum absolute atomic E-state index is 0.134. The van der Waals surface area contributed by atoms with Gasteiger partial charge in [-0.05, 0) is 6.92 Å². The third kappa shape index (κ3) is 4.66. The van der Waals surface area contributed by atoms with Crippen LogP contribution in [0.3, 0.4) is 0 Å². The molecular weight excluding hydrogens is 158 g/mol. The molecule has 0 saturated carbocycles. The van der Waals surface area contributed by atoms with Crippen LogP contribution < -0.4 is 0 Å². The topological polar surface area (TPSA) is 46.5 Å². The van der Waals surface area contributed by atoms with E-state index in [0.717, 1.165) is 0 Å². The molecule has 3 nitrogen and oxygen atoms in total. The summed E-state index contributed by atoms with van der Waals surface area (Å²) in [6, 6.07) is 0. The standard InChI is InChI=1S/C6H10F2O3/c1-2-11-5(10)3-4(9)6(7)8/h4,6,9H,2-3H2,1H3/t4-/m0/s1. The third-order valence-corrected chi connectivity index (χ3v) is 0.972. The van der Waals surface area contributed by atoms with Crippen molar-refractivity contribution >= 4 is 5.97 Å². The Morgan fingerprint density at radius 3 is 2.55 bits per heavy atom. The van der Waals surface area contributed by atoms with Gasteiger partial charge in [0.2, 0.25) is 0 Å². The monoisotopic (exact) mass is 168 g/mol. The molecule has 1 N–H and O–H groups in total. The number of hydrogen-bond donors (Lipinski definition) is 1. The number of esters is 1. The van der Waals surface area contributed by atoms with Crippen molar-refractivity contribution in [1.82, 2.24) is 0 Å². The van der Waals surface area contributed by atoms with Crippen molar-refractivity contribution in [1.29, 1.82) is 0 Å². The molecule has 0 fully saturated rings. The van der Waals surface area contributed by atoms with Gasteiger partial charge in [-0.1, -0.05) is 0 Å². The Morgan fingerprint density at radius 2 is 2.18 bits per heavy atom. The highest BCUT2D eigenvalue weighted by Crippen LogP contribution is 2.05. The first kappa shape index (κ1) is 10.3. The third-order valence-electron chi connectivity index (χ3n) is 0.972. The molecule has 0 saturated heterocycles. The molecule has 0 rings (SSSR count). The first-order valence-electron chi connectivity index (χ1n) is 3.19. The van der Waals surface area contributed by atoms with Crippen LogP contribution in [0.1, 0.15) is 13.3 Å². The Morgan fingerprint density at radius 1 is 1.64 bits per heavy atom. The molecule has 66 valence electrons. The predicted molar refractivity (Wildman–Crippen MR) is 33.3 cm³/mol. The number of hydrogen-bond acceptors (Lipinski definition) is 3. The molecule has 0 unspecified atom stereocenters. The smallest absolute Gasteiger partial charge is 0.308 e. The lowest BCUT2D eigenvalue weighted by Gasteiger charge is -2.07. The normalized spacial score (nSPS) is 13.2. The molecule has 0 radical (unpaired) electrons. The molecule has 11 heavy (non-hydrogen) atoms. The van der Waals surface area contributed by atoms with E-state index in [1.165, 1.54) is 0 Å². The van der Waals surface area contributed by atoms with Crippen LogP contribution in [0.15, 0.2) is 0 Å². The van der Waals surface area contributed by atoms with E-state index in [0.29, 0.717) is 0 Å². The van der Waals surface area contributed by atoms with E-state index >= 15 is 0 Å². The zero-order valence-corrected chi connectivity index (χ0v) is 6.09. The predicted octanol–water partition coefficient (Wildman–Crippen LogP) is 0.566. The number of ether oxygens (including phenoxy) is 1. The average Bonchev–Trinajstić information content (AvgIpc) is 1.87. The van der Waals surface area contributed by atoms with Crippen LogP contribution in [0.4, 0.5) is 8.78 Å². The minimum Gasteiger partial charge on any atom is -0.466 e. The Hall–Kier alpha value is -0.710. The summed E-state index contributed by atoms with van der Waals surface area (Å²) in [4.78, 5) is 10.4. The summed E-state index contributed by atoms with van der Waals surface area (Å²) < 4.78 is 27.5. The highest BCUT2D eigenvalue weighted by molar-refractivity contribution is 5.69. The number of halogens is 2. The van der Waals surface area contributed by atoms with E-state index < -0.39 is 24.9 Å². The molecule has 5 heteroatoms. The number of aliphatic hydroxyl groups excluding tert-OH is 1. The van der Waals surface area contributed by atoms with Gasteiger partial charge in [-0.15, -0.1) is 0 Å². The summed E-state index contributed by atoms with van der Waals surface area (Å²) in [7, 11) is 0. The summed E-state index contributed by atoms with van der Waals surface area (Å²) in [5.74, 6) is -0.805. The van der Waals surface area contributed by atoms with Gasteiger partial charge in [-0.3, -0.25) is 4.79 Å². The lowest BCUT2D eigenvalue weighted by atomic mass is 10.3. The molecule has 0 aliphatic carbocycles.